The molecular formula is C24H25F4N3O4. The lowest BCUT2D eigenvalue weighted by molar-refractivity contribution is -0.141. The van der Waals surface area contributed by atoms with Crippen LogP contribution in [-0.2, 0) is 28.9 Å². The molecule has 11 heteroatoms. The zero-order valence-electron chi connectivity index (χ0n) is 19.1. The van der Waals surface area contributed by atoms with Crippen molar-refractivity contribution >= 4 is 5.91 Å². The van der Waals surface area contributed by atoms with Crippen LogP contribution in [0.5, 0.6) is 5.75 Å². The molecule has 0 bridgehead atoms. The van der Waals surface area contributed by atoms with Crippen molar-refractivity contribution in [2.75, 3.05) is 20.3 Å². The molecule has 2 N–H and O–H groups in total. The molecule has 1 aromatic heterocycles. The van der Waals surface area contributed by atoms with Gasteiger partial charge in [-0.3, -0.25) is 4.79 Å². The minimum Gasteiger partial charge on any atom is -0.497 e. The molecule has 1 heterocycles. The summed E-state index contributed by atoms with van der Waals surface area (Å²) in [6.07, 6.45) is -4.67. The van der Waals surface area contributed by atoms with Crippen molar-refractivity contribution in [3.05, 3.63) is 76.9 Å². The van der Waals surface area contributed by atoms with Crippen molar-refractivity contribution in [1.82, 2.24) is 15.1 Å². The molecule has 0 fully saturated rings. The Morgan fingerprint density at radius 2 is 1.97 bits per heavy atom. The van der Waals surface area contributed by atoms with Gasteiger partial charge in [0, 0.05) is 11.6 Å². The van der Waals surface area contributed by atoms with E-state index in [0.29, 0.717) is 17.0 Å². The molecular weight excluding hydrogens is 470 g/mol. The summed E-state index contributed by atoms with van der Waals surface area (Å²) in [5, 5.41) is 15.0. The Balaban J connectivity index is 1.76. The summed E-state index contributed by atoms with van der Waals surface area (Å²) in [5.74, 6) is -1.40. The quantitative estimate of drug-likeness (QED) is 0.329. The summed E-state index contributed by atoms with van der Waals surface area (Å²) < 4.78 is 65.6. The number of aliphatic hydroxyl groups excluding tert-OH is 1. The van der Waals surface area contributed by atoms with E-state index >= 15 is 0 Å². The van der Waals surface area contributed by atoms with Gasteiger partial charge >= 0.3 is 6.18 Å². The van der Waals surface area contributed by atoms with E-state index in [4.69, 9.17) is 14.6 Å². The molecule has 0 spiro atoms. The smallest absolute Gasteiger partial charge is 0.435 e. The third kappa shape index (κ3) is 6.58. The molecule has 1 unspecified atom stereocenters. The van der Waals surface area contributed by atoms with Gasteiger partial charge in [0.15, 0.2) is 5.69 Å². The second kappa shape index (κ2) is 11.3. The van der Waals surface area contributed by atoms with E-state index in [-0.39, 0.29) is 37.6 Å². The molecule has 0 aliphatic heterocycles. The number of aliphatic hydroxyl groups is 1. The molecule has 0 aliphatic rings. The third-order valence-electron chi connectivity index (χ3n) is 5.28. The molecule has 35 heavy (non-hydrogen) atoms. The number of methoxy groups -OCH3 is 1. The Kier molecular flexibility index (Phi) is 8.47. The zero-order chi connectivity index (χ0) is 25.6. The van der Waals surface area contributed by atoms with Crippen molar-refractivity contribution in [3.63, 3.8) is 0 Å². The number of carbonyl (C=O) groups excluding carboxylic acids is 1. The van der Waals surface area contributed by atoms with E-state index < -0.39 is 29.5 Å². The fourth-order valence-electron chi connectivity index (χ4n) is 3.33. The fourth-order valence-corrected chi connectivity index (χ4v) is 3.33. The Labute approximate surface area is 199 Å². The lowest BCUT2D eigenvalue weighted by Gasteiger charge is -2.15. The third-order valence-corrected chi connectivity index (χ3v) is 5.28. The second-order valence-electron chi connectivity index (χ2n) is 7.70. The molecule has 2 aromatic carbocycles. The van der Waals surface area contributed by atoms with Gasteiger partial charge < -0.3 is 19.9 Å². The van der Waals surface area contributed by atoms with E-state index in [2.05, 4.69) is 10.4 Å². The highest BCUT2D eigenvalue weighted by molar-refractivity contribution is 5.83. The van der Waals surface area contributed by atoms with Gasteiger partial charge in [-0.05, 0) is 36.8 Å². The Hall–Kier alpha value is -3.44. The highest BCUT2D eigenvalue weighted by Crippen LogP contribution is 2.30. The number of rotatable bonds is 10. The number of halogens is 4. The van der Waals surface area contributed by atoms with Crippen LogP contribution in [0.4, 0.5) is 17.6 Å². The number of amides is 1. The number of aromatic nitrogens is 2. The van der Waals surface area contributed by atoms with Crippen molar-refractivity contribution < 1.29 is 36.9 Å². The number of hydrogen-bond acceptors (Lipinski definition) is 5. The number of hydrogen-bond donors (Lipinski definition) is 2. The zero-order valence-corrected chi connectivity index (χ0v) is 19.1. The van der Waals surface area contributed by atoms with Crippen LogP contribution in [-0.4, -0.2) is 41.1 Å². The van der Waals surface area contributed by atoms with Gasteiger partial charge in [0.25, 0.3) is 0 Å². The van der Waals surface area contributed by atoms with E-state index in [0.717, 1.165) is 10.7 Å². The Bertz CT molecular complexity index is 1160. The maximum Gasteiger partial charge on any atom is 0.435 e. The maximum absolute atomic E-state index is 14.4. The Morgan fingerprint density at radius 3 is 2.63 bits per heavy atom. The average molecular weight is 495 g/mol. The summed E-state index contributed by atoms with van der Waals surface area (Å²) in [4.78, 5) is 12.7. The first-order valence-electron chi connectivity index (χ1n) is 10.7. The molecule has 188 valence electrons. The average Bonchev–Trinajstić information content (AvgIpc) is 3.28. The van der Waals surface area contributed by atoms with Crippen LogP contribution in [0, 0.1) is 5.82 Å². The summed E-state index contributed by atoms with van der Waals surface area (Å²) >= 11 is 0. The number of ether oxygens (including phenoxy) is 2. The molecule has 0 saturated heterocycles. The van der Waals surface area contributed by atoms with E-state index in [1.54, 1.807) is 31.2 Å². The molecule has 0 saturated carbocycles. The second-order valence-corrected chi connectivity index (χ2v) is 7.70. The van der Waals surface area contributed by atoms with Crippen LogP contribution in [0.25, 0.3) is 5.69 Å². The van der Waals surface area contributed by atoms with Gasteiger partial charge in [0.05, 0.1) is 50.8 Å². The first-order valence-corrected chi connectivity index (χ1v) is 10.7. The van der Waals surface area contributed by atoms with Crippen LogP contribution in [0.2, 0.25) is 0 Å². The predicted octanol–water partition coefficient (Wildman–Crippen LogP) is 3.97. The van der Waals surface area contributed by atoms with Gasteiger partial charge in [-0.1, -0.05) is 18.2 Å². The summed E-state index contributed by atoms with van der Waals surface area (Å²) in [5.41, 5.74) is 0.00507. The maximum atomic E-state index is 14.4. The van der Waals surface area contributed by atoms with Crippen LogP contribution in [0.3, 0.4) is 0 Å². The largest absolute Gasteiger partial charge is 0.497 e. The molecule has 0 radical (unpaired) electrons. The van der Waals surface area contributed by atoms with Crippen molar-refractivity contribution in [1.29, 1.82) is 0 Å². The summed E-state index contributed by atoms with van der Waals surface area (Å²) in [7, 11) is 1.43. The van der Waals surface area contributed by atoms with Crippen LogP contribution in [0.15, 0.2) is 48.5 Å². The molecule has 1 atom stereocenters. The number of carbonyl (C=O) groups is 1. The first-order chi connectivity index (χ1) is 16.6. The number of nitrogens with zero attached hydrogens (tertiary/aromatic N) is 2. The summed E-state index contributed by atoms with van der Waals surface area (Å²) in [6.45, 7) is 1.19. The van der Waals surface area contributed by atoms with Crippen molar-refractivity contribution in [2.24, 2.45) is 0 Å². The van der Waals surface area contributed by atoms with Gasteiger partial charge in [0.1, 0.15) is 11.6 Å². The fraction of sp³-hybridized carbons (Fsp3) is 0.333. The number of nitrogens with one attached hydrogen (secondary N) is 1. The van der Waals surface area contributed by atoms with Crippen LogP contribution in [0.1, 0.15) is 35.4 Å². The molecule has 1 amide bonds. The molecule has 7 nitrogen and oxygen atoms in total. The van der Waals surface area contributed by atoms with E-state index in [9.17, 15) is 22.4 Å². The minimum absolute atomic E-state index is 0.0248. The number of benzene rings is 2. The number of alkyl halides is 3. The normalized spacial score (nSPS) is 12.4. The molecule has 3 rings (SSSR count). The minimum atomic E-state index is -4.67. The first kappa shape index (κ1) is 26.2. The highest BCUT2D eigenvalue weighted by atomic mass is 19.4. The molecule has 0 aliphatic carbocycles. The van der Waals surface area contributed by atoms with Gasteiger partial charge in [-0.25, -0.2) is 9.07 Å². The van der Waals surface area contributed by atoms with Crippen LogP contribution < -0.4 is 10.1 Å². The van der Waals surface area contributed by atoms with Crippen molar-refractivity contribution in [3.8, 4) is 11.4 Å². The molecule has 3 aromatic rings. The van der Waals surface area contributed by atoms with Crippen molar-refractivity contribution in [2.45, 2.75) is 32.2 Å². The predicted molar refractivity (Wildman–Crippen MR) is 119 cm³/mol. The van der Waals surface area contributed by atoms with Gasteiger partial charge in [-0.15, -0.1) is 0 Å². The lowest BCUT2D eigenvalue weighted by Crippen LogP contribution is -2.28. The summed E-state index contributed by atoms with van der Waals surface area (Å²) in [6, 6.07) is 11.5. The Morgan fingerprint density at radius 1 is 1.20 bits per heavy atom. The standard InChI is InChI=1S/C24H25F4N3O4/c1-15(16-6-7-17(21(25)10-16)14-35-9-8-32)23(33)29-13-19-12-22(24(26,27)28)30-31(19)18-4-3-5-20(11-18)34-2/h3-7,10-12,15,32H,8-9,13-14H2,1-2H3,(H,29,33). The SMILES string of the molecule is COc1cccc(-n2nc(C(F)(F)F)cc2CNC(=O)C(C)c2ccc(COCCO)c(F)c2)c1. The topological polar surface area (TPSA) is 85.6 Å². The van der Waals surface area contributed by atoms with Crippen LogP contribution >= 0.6 is 0 Å². The van der Waals surface area contributed by atoms with E-state index in [1.165, 1.54) is 25.3 Å². The lowest BCUT2D eigenvalue weighted by atomic mass is 9.98. The van der Waals surface area contributed by atoms with E-state index in [1.807, 2.05) is 0 Å². The highest BCUT2D eigenvalue weighted by Gasteiger charge is 2.35. The van der Waals surface area contributed by atoms with Gasteiger partial charge in [0.2, 0.25) is 5.91 Å². The monoisotopic (exact) mass is 495 g/mol. The van der Waals surface area contributed by atoms with Gasteiger partial charge in [-0.2, -0.15) is 18.3 Å².